The van der Waals surface area contributed by atoms with Crippen LogP contribution in [-0.2, 0) is 19.6 Å². The number of hydrogen-bond acceptors (Lipinski definition) is 6. The second kappa shape index (κ2) is 9.59. The molecule has 2 N–H and O–H groups in total. The Hall–Kier alpha value is -3.18. The number of nitrogens with one attached hydrogen (secondary N) is 2. The predicted molar refractivity (Wildman–Crippen MR) is 122 cm³/mol. The number of carbonyl (C=O) groups is 2. The molecule has 182 valence electrons. The van der Waals surface area contributed by atoms with E-state index in [0.29, 0.717) is 18.6 Å². The van der Waals surface area contributed by atoms with Gasteiger partial charge in [0.05, 0.1) is 29.0 Å². The first-order valence-corrected chi connectivity index (χ1v) is 12.3. The maximum absolute atomic E-state index is 13.3. The third-order valence-corrected chi connectivity index (χ3v) is 7.48. The average Bonchev–Trinajstić information content (AvgIpc) is 2.81. The summed E-state index contributed by atoms with van der Waals surface area (Å²) in [6.45, 7) is 0.181. The lowest BCUT2D eigenvalue weighted by atomic mass is 9.94. The van der Waals surface area contributed by atoms with Crippen molar-refractivity contribution in [3.8, 4) is 5.75 Å². The van der Waals surface area contributed by atoms with E-state index in [9.17, 15) is 22.4 Å². The number of nitrogens with zero attached hydrogens (tertiary/aromatic N) is 1. The summed E-state index contributed by atoms with van der Waals surface area (Å²) in [6, 6.07) is 8.63. The van der Waals surface area contributed by atoms with Crippen LogP contribution in [-0.4, -0.2) is 64.1 Å². The molecule has 1 fully saturated rings. The van der Waals surface area contributed by atoms with Gasteiger partial charge in [-0.3, -0.25) is 14.3 Å². The Morgan fingerprint density at radius 2 is 1.91 bits per heavy atom. The zero-order valence-electron chi connectivity index (χ0n) is 18.8. The Labute approximate surface area is 197 Å². The van der Waals surface area contributed by atoms with Crippen LogP contribution in [0.5, 0.6) is 5.75 Å². The molecule has 2 aliphatic rings. The molecule has 0 aromatic heterocycles. The van der Waals surface area contributed by atoms with Crippen LogP contribution in [0.4, 0.5) is 10.1 Å². The maximum Gasteiger partial charge on any atom is 0.261 e. The fourth-order valence-corrected chi connectivity index (χ4v) is 5.28. The van der Waals surface area contributed by atoms with E-state index in [4.69, 9.17) is 9.47 Å². The molecule has 9 nitrogen and oxygen atoms in total. The van der Waals surface area contributed by atoms with Crippen molar-refractivity contribution < 1.29 is 31.9 Å². The first-order valence-electron chi connectivity index (χ1n) is 10.9. The summed E-state index contributed by atoms with van der Waals surface area (Å²) in [6.07, 6.45) is 0.851. The van der Waals surface area contributed by atoms with Gasteiger partial charge in [0.25, 0.3) is 15.9 Å². The van der Waals surface area contributed by atoms with E-state index >= 15 is 0 Å². The molecule has 34 heavy (non-hydrogen) atoms. The summed E-state index contributed by atoms with van der Waals surface area (Å²) in [4.78, 5) is 26.5. The van der Waals surface area contributed by atoms with Crippen molar-refractivity contribution in [3.05, 3.63) is 53.8 Å². The minimum Gasteiger partial charge on any atom is -0.490 e. The summed E-state index contributed by atoms with van der Waals surface area (Å²) >= 11 is 0. The largest absolute Gasteiger partial charge is 0.490 e. The summed E-state index contributed by atoms with van der Waals surface area (Å²) in [5, 5.41) is 2.59. The van der Waals surface area contributed by atoms with Gasteiger partial charge in [-0.1, -0.05) is 0 Å². The molecule has 2 aromatic carbocycles. The number of benzene rings is 2. The van der Waals surface area contributed by atoms with Crippen molar-refractivity contribution in [3.63, 3.8) is 0 Å². The standard InChI is InChI=1S/C23H26FN3O6S/c1-25-22(28)12-16-6-9-19-21(33-16)13-32-20-10-5-15(11-18(20)23(29)27(19)2)26-34(30,31)17-7-3-14(24)4-8-17/h3-5,7-8,10-11,16,19,21,26H,6,9,12-13H2,1-2H3,(H,25,28)/t16-,19-,21-/m0/s1. The molecular formula is C23H26FN3O6S. The first kappa shape index (κ1) is 24.0. The quantitative estimate of drug-likeness (QED) is 0.663. The van der Waals surface area contributed by atoms with Crippen LogP contribution < -0.4 is 14.8 Å². The number of amides is 2. The molecule has 2 heterocycles. The molecule has 4 rings (SSSR count). The normalized spacial score (nSPS) is 22.5. The Bertz CT molecular complexity index is 1190. The monoisotopic (exact) mass is 491 g/mol. The van der Waals surface area contributed by atoms with Gasteiger partial charge < -0.3 is 19.7 Å². The highest BCUT2D eigenvalue weighted by atomic mass is 32.2. The highest BCUT2D eigenvalue weighted by Crippen LogP contribution is 2.33. The topological polar surface area (TPSA) is 114 Å². The fraction of sp³-hybridized carbons (Fsp3) is 0.391. The van der Waals surface area contributed by atoms with Crippen LogP contribution in [0.25, 0.3) is 0 Å². The molecule has 0 unspecified atom stereocenters. The number of ether oxygens (including phenoxy) is 2. The molecule has 1 saturated heterocycles. The van der Waals surface area contributed by atoms with Gasteiger partial charge in [0.1, 0.15) is 24.3 Å². The van der Waals surface area contributed by atoms with Gasteiger partial charge in [-0.15, -0.1) is 0 Å². The van der Waals surface area contributed by atoms with Crippen molar-refractivity contribution in [1.82, 2.24) is 10.2 Å². The summed E-state index contributed by atoms with van der Waals surface area (Å²) in [5.41, 5.74) is 0.392. The van der Waals surface area contributed by atoms with E-state index < -0.39 is 21.9 Å². The highest BCUT2D eigenvalue weighted by Gasteiger charge is 2.39. The minimum atomic E-state index is -3.98. The van der Waals surface area contributed by atoms with Crippen LogP contribution in [0.1, 0.15) is 29.6 Å². The third-order valence-electron chi connectivity index (χ3n) is 6.08. The van der Waals surface area contributed by atoms with Crippen molar-refractivity contribution in [2.45, 2.75) is 42.4 Å². The van der Waals surface area contributed by atoms with Gasteiger partial charge in [-0.2, -0.15) is 0 Å². The van der Waals surface area contributed by atoms with Crippen molar-refractivity contribution in [1.29, 1.82) is 0 Å². The van der Waals surface area contributed by atoms with Crippen LogP contribution in [0.15, 0.2) is 47.4 Å². The Balaban J connectivity index is 1.55. The van der Waals surface area contributed by atoms with E-state index in [-0.39, 0.29) is 53.1 Å². The van der Waals surface area contributed by atoms with Gasteiger partial charge in [0, 0.05) is 19.8 Å². The lowest BCUT2D eigenvalue weighted by molar-refractivity contribution is -0.133. The van der Waals surface area contributed by atoms with Gasteiger partial charge in [0.2, 0.25) is 5.91 Å². The zero-order chi connectivity index (χ0) is 24.5. The second-order valence-corrected chi connectivity index (χ2v) is 10.00. The fourth-order valence-electron chi connectivity index (χ4n) is 4.23. The molecule has 2 aromatic rings. The van der Waals surface area contributed by atoms with Crippen molar-refractivity contribution in [2.24, 2.45) is 0 Å². The van der Waals surface area contributed by atoms with Gasteiger partial charge in [-0.05, 0) is 55.3 Å². The maximum atomic E-state index is 13.3. The molecule has 11 heteroatoms. The Morgan fingerprint density at radius 1 is 1.18 bits per heavy atom. The first-order chi connectivity index (χ1) is 16.2. The Morgan fingerprint density at radius 3 is 2.62 bits per heavy atom. The molecule has 0 aliphatic carbocycles. The molecule has 0 bridgehead atoms. The smallest absolute Gasteiger partial charge is 0.261 e. The van der Waals surface area contributed by atoms with Gasteiger partial charge in [-0.25, -0.2) is 12.8 Å². The van der Waals surface area contributed by atoms with E-state index in [2.05, 4.69) is 10.0 Å². The number of rotatable bonds is 5. The molecule has 2 amide bonds. The number of likely N-dealkylation sites (N-methyl/N-ethyl adjacent to an activating group) is 1. The molecule has 0 saturated carbocycles. The van der Waals surface area contributed by atoms with Gasteiger partial charge in [0.15, 0.2) is 0 Å². The molecule has 0 spiro atoms. The lowest BCUT2D eigenvalue weighted by Crippen LogP contribution is -2.53. The number of carbonyl (C=O) groups excluding carboxylic acids is 2. The van der Waals surface area contributed by atoms with Crippen LogP contribution in [0.2, 0.25) is 0 Å². The third kappa shape index (κ3) is 5.00. The molecular weight excluding hydrogens is 465 g/mol. The highest BCUT2D eigenvalue weighted by molar-refractivity contribution is 7.92. The van der Waals surface area contributed by atoms with Crippen LogP contribution in [0, 0.1) is 5.82 Å². The molecule has 3 atom stereocenters. The van der Waals surface area contributed by atoms with Crippen molar-refractivity contribution >= 4 is 27.5 Å². The van der Waals surface area contributed by atoms with E-state index in [1.807, 2.05) is 0 Å². The number of fused-ring (bicyclic) bond motifs is 2. The number of hydrogen-bond donors (Lipinski definition) is 2. The number of sulfonamides is 1. The Kier molecular flexibility index (Phi) is 6.76. The second-order valence-electron chi connectivity index (χ2n) is 8.32. The SMILES string of the molecule is CNC(=O)C[C@@H]1CC[C@H]2[C@H](COc3ccc(NS(=O)(=O)c4ccc(F)cc4)cc3C(=O)N2C)O1. The van der Waals surface area contributed by atoms with Crippen LogP contribution in [0.3, 0.4) is 0 Å². The lowest BCUT2D eigenvalue weighted by Gasteiger charge is -2.42. The van der Waals surface area contributed by atoms with E-state index in [0.717, 1.165) is 24.3 Å². The summed E-state index contributed by atoms with van der Waals surface area (Å²) in [7, 11) is -0.729. The molecule has 0 radical (unpaired) electrons. The minimum absolute atomic E-state index is 0.103. The van der Waals surface area contributed by atoms with Crippen molar-refractivity contribution in [2.75, 3.05) is 25.4 Å². The zero-order valence-corrected chi connectivity index (χ0v) is 19.6. The van der Waals surface area contributed by atoms with Crippen LogP contribution >= 0.6 is 0 Å². The van der Waals surface area contributed by atoms with E-state index in [1.54, 1.807) is 19.0 Å². The average molecular weight is 492 g/mol. The summed E-state index contributed by atoms with van der Waals surface area (Å²) < 4.78 is 52.9. The van der Waals surface area contributed by atoms with E-state index in [1.165, 1.54) is 18.2 Å². The predicted octanol–water partition coefficient (Wildman–Crippen LogP) is 2.14. The number of anilines is 1. The molecule has 2 aliphatic heterocycles. The number of halogens is 1. The van der Waals surface area contributed by atoms with Gasteiger partial charge >= 0.3 is 0 Å². The summed E-state index contributed by atoms with van der Waals surface area (Å²) in [5.74, 6) is -0.686.